The molecule has 1 saturated heterocycles. The average molecular weight is 371 g/mol. The largest absolute Gasteiger partial charge is 0.396 e. The van der Waals surface area contributed by atoms with E-state index in [1.54, 1.807) is 18.2 Å². The first-order chi connectivity index (χ1) is 11.6. The third-order valence-electron chi connectivity index (χ3n) is 4.25. The van der Waals surface area contributed by atoms with Crippen LogP contribution in [0, 0.1) is 12.8 Å². The van der Waals surface area contributed by atoms with Gasteiger partial charge in [0.15, 0.2) is 0 Å². The van der Waals surface area contributed by atoms with E-state index in [4.69, 9.17) is 32.5 Å². The molecule has 5 nitrogen and oxygen atoms in total. The van der Waals surface area contributed by atoms with Crippen LogP contribution >= 0.6 is 23.2 Å². The molecule has 7 heteroatoms. The molecule has 1 N–H and O–H groups in total. The Morgan fingerprint density at radius 3 is 2.79 bits per heavy atom. The van der Waals surface area contributed by atoms with Crippen LogP contribution in [-0.2, 0) is 11.3 Å². The van der Waals surface area contributed by atoms with Crippen LogP contribution in [0.25, 0.3) is 11.3 Å². The summed E-state index contributed by atoms with van der Waals surface area (Å²) in [6.45, 7) is 5.41. The second-order valence-electron chi connectivity index (χ2n) is 6.02. The lowest BCUT2D eigenvalue weighted by Gasteiger charge is -2.22. The predicted molar refractivity (Wildman–Crippen MR) is 93.4 cm³/mol. The molecule has 1 fully saturated rings. The number of nitrogens with zero attached hydrogens (tertiary/aromatic N) is 2. The van der Waals surface area contributed by atoms with Gasteiger partial charge in [0.25, 0.3) is 0 Å². The third kappa shape index (κ3) is 3.76. The average Bonchev–Trinajstić information content (AvgIpc) is 2.78. The lowest BCUT2D eigenvalue weighted by molar-refractivity contribution is 0.0958. The zero-order chi connectivity index (χ0) is 17.1. The van der Waals surface area contributed by atoms with Gasteiger partial charge in [-0.15, -0.1) is 0 Å². The van der Waals surface area contributed by atoms with E-state index in [1.807, 2.05) is 6.92 Å². The van der Waals surface area contributed by atoms with E-state index in [9.17, 15) is 5.11 Å². The monoisotopic (exact) mass is 370 g/mol. The van der Waals surface area contributed by atoms with Gasteiger partial charge < -0.3 is 14.4 Å². The van der Waals surface area contributed by atoms with Crippen molar-refractivity contribution in [3.63, 3.8) is 0 Å². The lowest BCUT2D eigenvalue weighted by Crippen LogP contribution is -2.31. The van der Waals surface area contributed by atoms with Gasteiger partial charge in [-0.2, -0.15) is 0 Å². The second-order valence-corrected chi connectivity index (χ2v) is 6.84. The van der Waals surface area contributed by atoms with Gasteiger partial charge >= 0.3 is 0 Å². The number of ether oxygens (including phenoxy) is 1. The highest BCUT2D eigenvalue weighted by molar-refractivity contribution is 6.39. The molecule has 0 aliphatic carbocycles. The number of hydrogen-bond acceptors (Lipinski definition) is 5. The summed E-state index contributed by atoms with van der Waals surface area (Å²) in [5, 5.41) is 14.7. The standard InChI is InChI=1S/C17H20Cl2N2O3/c1-11-13(8-21-5-6-23-10-12(7-21)9-22)17(20-24-11)16-14(18)3-2-4-15(16)19/h2-4,12,22H,5-10H2,1H3/t12-/m1/s1. The van der Waals surface area contributed by atoms with Crippen LogP contribution in [0.4, 0.5) is 0 Å². The molecule has 0 bridgehead atoms. The SMILES string of the molecule is Cc1onc(-c2c(Cl)cccc2Cl)c1CN1CCOC[C@@H](CO)C1. The topological polar surface area (TPSA) is 58.7 Å². The Balaban J connectivity index is 1.90. The summed E-state index contributed by atoms with van der Waals surface area (Å²) in [6, 6.07) is 5.38. The first kappa shape index (κ1) is 17.7. The molecule has 0 unspecified atom stereocenters. The number of aliphatic hydroxyl groups excluding tert-OH is 1. The third-order valence-corrected chi connectivity index (χ3v) is 4.88. The number of aryl methyl sites for hydroxylation is 1. The van der Waals surface area contributed by atoms with Gasteiger partial charge in [-0.25, -0.2) is 0 Å². The number of aromatic nitrogens is 1. The van der Waals surface area contributed by atoms with Crippen molar-refractivity contribution < 1.29 is 14.4 Å². The van der Waals surface area contributed by atoms with Gasteiger partial charge in [-0.05, 0) is 19.1 Å². The van der Waals surface area contributed by atoms with Crippen LogP contribution in [0.1, 0.15) is 11.3 Å². The molecule has 1 aliphatic heterocycles. The fourth-order valence-corrected chi connectivity index (χ4v) is 3.50. The van der Waals surface area contributed by atoms with Gasteiger partial charge in [0.2, 0.25) is 0 Å². The molecule has 1 aliphatic rings. The fraction of sp³-hybridized carbons (Fsp3) is 0.471. The second kappa shape index (κ2) is 7.85. The number of aliphatic hydroxyl groups is 1. The van der Waals surface area contributed by atoms with Gasteiger partial charge in [0.1, 0.15) is 11.5 Å². The smallest absolute Gasteiger partial charge is 0.138 e. The van der Waals surface area contributed by atoms with Gasteiger partial charge in [-0.3, -0.25) is 4.90 Å². The summed E-state index contributed by atoms with van der Waals surface area (Å²) < 4.78 is 11.0. The maximum Gasteiger partial charge on any atom is 0.138 e. The molecule has 1 aromatic carbocycles. The van der Waals surface area contributed by atoms with Crippen molar-refractivity contribution in [1.29, 1.82) is 0 Å². The molecule has 24 heavy (non-hydrogen) atoms. The van der Waals surface area contributed by atoms with Crippen molar-refractivity contribution in [3.8, 4) is 11.3 Å². The van der Waals surface area contributed by atoms with E-state index in [1.165, 1.54) is 0 Å². The summed E-state index contributed by atoms with van der Waals surface area (Å²) in [7, 11) is 0. The number of halogens is 2. The Hall–Kier alpha value is -1.11. The Labute approximate surface area is 151 Å². The van der Waals surface area contributed by atoms with E-state index in [0.717, 1.165) is 24.4 Å². The minimum atomic E-state index is 0.111. The van der Waals surface area contributed by atoms with Crippen LogP contribution < -0.4 is 0 Å². The maximum atomic E-state index is 9.45. The fourth-order valence-electron chi connectivity index (χ4n) is 2.93. The summed E-state index contributed by atoms with van der Waals surface area (Å²) in [5.41, 5.74) is 2.33. The minimum absolute atomic E-state index is 0.111. The number of benzene rings is 1. The normalized spacial score (nSPS) is 19.4. The molecule has 0 spiro atoms. The Kier molecular flexibility index (Phi) is 5.79. The Morgan fingerprint density at radius 2 is 2.08 bits per heavy atom. The van der Waals surface area contributed by atoms with E-state index in [2.05, 4.69) is 10.1 Å². The lowest BCUT2D eigenvalue weighted by atomic mass is 10.0. The zero-order valence-corrected chi connectivity index (χ0v) is 15.0. The van der Waals surface area contributed by atoms with Gasteiger partial charge in [0, 0.05) is 43.3 Å². The predicted octanol–water partition coefficient (Wildman–Crippen LogP) is 3.40. The first-order valence-corrected chi connectivity index (χ1v) is 8.66. The molecule has 0 amide bonds. The van der Waals surface area contributed by atoms with Crippen LogP contribution in [0.5, 0.6) is 0 Å². The number of rotatable bonds is 4. The maximum absolute atomic E-state index is 9.45. The highest BCUT2D eigenvalue weighted by Crippen LogP contribution is 2.37. The highest BCUT2D eigenvalue weighted by atomic mass is 35.5. The highest BCUT2D eigenvalue weighted by Gasteiger charge is 2.24. The first-order valence-electron chi connectivity index (χ1n) is 7.90. The number of hydrogen-bond donors (Lipinski definition) is 1. The summed E-state index contributed by atoms with van der Waals surface area (Å²) in [5.74, 6) is 0.853. The van der Waals surface area contributed by atoms with E-state index < -0.39 is 0 Å². The molecule has 2 aromatic rings. The summed E-state index contributed by atoms with van der Waals surface area (Å²) in [6.07, 6.45) is 0. The molecular formula is C17H20Cl2N2O3. The van der Waals surface area contributed by atoms with Crippen LogP contribution in [0.15, 0.2) is 22.7 Å². The molecule has 3 rings (SSSR count). The van der Waals surface area contributed by atoms with E-state index in [-0.39, 0.29) is 12.5 Å². The van der Waals surface area contributed by atoms with Gasteiger partial charge in [-0.1, -0.05) is 34.4 Å². The van der Waals surface area contributed by atoms with E-state index >= 15 is 0 Å². The minimum Gasteiger partial charge on any atom is -0.396 e. The van der Waals surface area contributed by atoms with Crippen molar-refractivity contribution in [1.82, 2.24) is 10.1 Å². The molecule has 1 atom stereocenters. The summed E-state index contributed by atoms with van der Waals surface area (Å²) in [4.78, 5) is 2.24. The molecule has 130 valence electrons. The molecule has 0 saturated carbocycles. The molecular weight excluding hydrogens is 351 g/mol. The summed E-state index contributed by atoms with van der Waals surface area (Å²) >= 11 is 12.7. The van der Waals surface area contributed by atoms with Crippen molar-refractivity contribution in [3.05, 3.63) is 39.6 Å². The van der Waals surface area contributed by atoms with Gasteiger partial charge in [0.05, 0.1) is 23.3 Å². The van der Waals surface area contributed by atoms with Crippen molar-refractivity contribution >= 4 is 23.2 Å². The van der Waals surface area contributed by atoms with Crippen molar-refractivity contribution in [2.75, 3.05) is 32.9 Å². The van der Waals surface area contributed by atoms with Crippen molar-refractivity contribution in [2.24, 2.45) is 5.92 Å². The molecule has 1 aromatic heterocycles. The van der Waals surface area contributed by atoms with Crippen LogP contribution in [-0.4, -0.2) is 48.1 Å². The molecule has 2 heterocycles. The van der Waals surface area contributed by atoms with E-state index in [0.29, 0.717) is 41.1 Å². The Morgan fingerprint density at radius 1 is 1.33 bits per heavy atom. The molecule has 0 radical (unpaired) electrons. The zero-order valence-electron chi connectivity index (χ0n) is 13.5. The Bertz CT molecular complexity index is 685. The van der Waals surface area contributed by atoms with Crippen LogP contribution in [0.3, 0.4) is 0 Å². The van der Waals surface area contributed by atoms with Crippen molar-refractivity contribution in [2.45, 2.75) is 13.5 Å². The van der Waals surface area contributed by atoms with Crippen LogP contribution in [0.2, 0.25) is 10.0 Å². The quantitative estimate of drug-likeness (QED) is 0.893.